The van der Waals surface area contributed by atoms with Crippen molar-refractivity contribution in [1.29, 1.82) is 0 Å². The van der Waals surface area contributed by atoms with Gasteiger partial charge in [-0.2, -0.15) is 0 Å². The summed E-state index contributed by atoms with van der Waals surface area (Å²) < 4.78 is 31.6. The summed E-state index contributed by atoms with van der Waals surface area (Å²) in [6.07, 6.45) is 0. The van der Waals surface area contributed by atoms with Crippen molar-refractivity contribution in [1.82, 2.24) is 4.98 Å². The smallest absolute Gasteiger partial charge is 0.259 e. The Labute approximate surface area is 157 Å². The van der Waals surface area contributed by atoms with Crippen LogP contribution in [-0.4, -0.2) is 18.0 Å². The molecule has 0 bridgehead atoms. The first-order valence-electron chi connectivity index (χ1n) is 7.46. The third-order valence-corrected chi connectivity index (χ3v) is 4.83. The third kappa shape index (κ3) is 3.68. The van der Waals surface area contributed by atoms with E-state index in [1.807, 2.05) is 31.2 Å². The summed E-state index contributed by atoms with van der Waals surface area (Å²) in [6.45, 7) is 1.87. The molecule has 26 heavy (non-hydrogen) atoms. The van der Waals surface area contributed by atoms with Crippen molar-refractivity contribution < 1.29 is 18.3 Å². The number of methoxy groups -OCH3 is 1. The molecule has 8 heteroatoms. The number of carbonyl (C=O) groups is 1. The number of ether oxygens (including phenoxy) is 1. The number of anilines is 1. The molecule has 1 amide bonds. The molecule has 3 aromatic rings. The van der Waals surface area contributed by atoms with Crippen LogP contribution in [-0.2, 0) is 0 Å². The van der Waals surface area contributed by atoms with Crippen LogP contribution in [0, 0.1) is 18.6 Å². The number of nitrogens with zero attached hydrogens (tertiary/aromatic N) is 1. The molecule has 4 nitrogen and oxygen atoms in total. The van der Waals surface area contributed by atoms with Gasteiger partial charge in [0.15, 0.2) is 16.8 Å². The number of thiazole rings is 1. The first-order valence-corrected chi connectivity index (χ1v) is 8.66. The second-order valence-electron chi connectivity index (χ2n) is 5.35. The van der Waals surface area contributed by atoms with E-state index in [1.54, 1.807) is 7.11 Å². The molecule has 0 saturated carbocycles. The summed E-state index contributed by atoms with van der Waals surface area (Å²) in [5.74, 6) is -2.20. The monoisotopic (exact) mass is 394 g/mol. The molecule has 1 heterocycles. The predicted molar refractivity (Wildman–Crippen MR) is 98.2 cm³/mol. The maximum Gasteiger partial charge on any atom is 0.259 e. The Morgan fingerprint density at radius 2 is 1.85 bits per heavy atom. The van der Waals surface area contributed by atoms with E-state index in [2.05, 4.69) is 10.3 Å². The maximum atomic E-state index is 13.4. The predicted octanol–water partition coefficient (Wildman–Crippen LogP) is 5.31. The number of aryl methyl sites for hydroxylation is 1. The van der Waals surface area contributed by atoms with Crippen LogP contribution in [0.1, 0.15) is 15.2 Å². The Bertz CT molecular complexity index is 974. The lowest BCUT2D eigenvalue weighted by Gasteiger charge is -2.05. The van der Waals surface area contributed by atoms with Crippen LogP contribution in [0.5, 0.6) is 5.75 Å². The van der Waals surface area contributed by atoms with Gasteiger partial charge in [0.05, 0.1) is 23.4 Å². The van der Waals surface area contributed by atoms with Gasteiger partial charge in [-0.05, 0) is 43.3 Å². The molecule has 0 aliphatic rings. The number of rotatable bonds is 4. The molecule has 1 aromatic heterocycles. The number of nitrogens with one attached hydrogen (secondary N) is 1. The lowest BCUT2D eigenvalue weighted by molar-refractivity contribution is 0.102. The van der Waals surface area contributed by atoms with Crippen molar-refractivity contribution in [3.05, 3.63) is 63.5 Å². The Morgan fingerprint density at radius 3 is 2.50 bits per heavy atom. The van der Waals surface area contributed by atoms with E-state index in [-0.39, 0.29) is 10.6 Å². The second-order valence-corrected chi connectivity index (χ2v) is 6.96. The molecule has 3 rings (SSSR count). The molecule has 0 aliphatic carbocycles. The van der Waals surface area contributed by atoms with E-state index >= 15 is 0 Å². The second kappa shape index (κ2) is 7.39. The van der Waals surface area contributed by atoms with Crippen molar-refractivity contribution in [2.24, 2.45) is 0 Å². The van der Waals surface area contributed by atoms with Crippen LogP contribution in [0.4, 0.5) is 13.9 Å². The van der Waals surface area contributed by atoms with Crippen molar-refractivity contribution >= 4 is 34.0 Å². The molecule has 0 saturated heterocycles. The van der Waals surface area contributed by atoms with Crippen molar-refractivity contribution in [2.75, 3.05) is 12.4 Å². The van der Waals surface area contributed by atoms with Gasteiger partial charge in [0, 0.05) is 10.4 Å². The number of amides is 1. The van der Waals surface area contributed by atoms with Crippen LogP contribution in [0.2, 0.25) is 5.02 Å². The molecule has 0 atom stereocenters. The highest BCUT2D eigenvalue weighted by Gasteiger charge is 2.18. The summed E-state index contributed by atoms with van der Waals surface area (Å²) in [4.78, 5) is 17.6. The molecule has 134 valence electrons. The highest BCUT2D eigenvalue weighted by molar-refractivity contribution is 7.16. The summed E-state index contributed by atoms with van der Waals surface area (Å²) in [5.41, 5.74) is 1.42. The van der Waals surface area contributed by atoms with E-state index < -0.39 is 17.5 Å². The minimum atomic E-state index is -1.14. The number of carbonyl (C=O) groups excluding carboxylic acids is 1. The van der Waals surface area contributed by atoms with Gasteiger partial charge in [-0.3, -0.25) is 10.1 Å². The summed E-state index contributed by atoms with van der Waals surface area (Å²) >= 11 is 7.10. The quantitative estimate of drug-likeness (QED) is 0.610. The van der Waals surface area contributed by atoms with Gasteiger partial charge in [0.25, 0.3) is 5.91 Å². The number of hydrogen-bond donors (Lipinski definition) is 1. The zero-order valence-electron chi connectivity index (χ0n) is 13.8. The lowest BCUT2D eigenvalue weighted by atomic mass is 10.1. The lowest BCUT2D eigenvalue weighted by Crippen LogP contribution is -2.13. The Balaban J connectivity index is 1.85. The molecular formula is C18H13ClF2N2O2S. The van der Waals surface area contributed by atoms with Crippen LogP contribution in [0.15, 0.2) is 36.4 Å². The van der Waals surface area contributed by atoms with E-state index in [0.717, 1.165) is 28.3 Å². The summed E-state index contributed by atoms with van der Waals surface area (Å²) in [5, 5.41) is 2.73. The minimum Gasteiger partial charge on any atom is -0.497 e. The van der Waals surface area contributed by atoms with Gasteiger partial charge >= 0.3 is 0 Å². The first kappa shape index (κ1) is 18.3. The number of benzene rings is 2. The normalized spacial score (nSPS) is 10.7. The van der Waals surface area contributed by atoms with Crippen molar-refractivity contribution in [3.8, 4) is 17.0 Å². The van der Waals surface area contributed by atoms with Gasteiger partial charge in [-0.1, -0.05) is 11.6 Å². The van der Waals surface area contributed by atoms with E-state index in [4.69, 9.17) is 16.3 Å². The highest BCUT2D eigenvalue weighted by Crippen LogP contribution is 2.32. The van der Waals surface area contributed by atoms with E-state index in [0.29, 0.717) is 10.8 Å². The fourth-order valence-electron chi connectivity index (χ4n) is 2.33. The van der Waals surface area contributed by atoms with Gasteiger partial charge in [0.1, 0.15) is 5.75 Å². The summed E-state index contributed by atoms with van der Waals surface area (Å²) in [6, 6.07) is 8.87. The molecule has 0 radical (unpaired) electrons. The fourth-order valence-corrected chi connectivity index (χ4v) is 3.39. The first-order chi connectivity index (χ1) is 12.4. The topological polar surface area (TPSA) is 51.2 Å². The van der Waals surface area contributed by atoms with Gasteiger partial charge in [-0.25, -0.2) is 13.8 Å². The zero-order valence-corrected chi connectivity index (χ0v) is 15.3. The van der Waals surface area contributed by atoms with Gasteiger partial charge in [0.2, 0.25) is 0 Å². The molecule has 0 aliphatic heterocycles. The van der Waals surface area contributed by atoms with Crippen LogP contribution in [0.3, 0.4) is 0 Å². The number of hydrogen-bond acceptors (Lipinski definition) is 4. The van der Waals surface area contributed by atoms with Crippen LogP contribution in [0.25, 0.3) is 11.3 Å². The Kier molecular flexibility index (Phi) is 5.20. The maximum absolute atomic E-state index is 13.4. The van der Waals surface area contributed by atoms with E-state index in [9.17, 15) is 13.6 Å². The van der Waals surface area contributed by atoms with Crippen molar-refractivity contribution in [2.45, 2.75) is 6.92 Å². The zero-order chi connectivity index (χ0) is 18.8. The fraction of sp³-hybridized carbons (Fsp3) is 0.111. The largest absolute Gasteiger partial charge is 0.497 e. The molecule has 0 fully saturated rings. The van der Waals surface area contributed by atoms with Crippen LogP contribution < -0.4 is 10.1 Å². The van der Waals surface area contributed by atoms with Gasteiger partial charge in [-0.15, -0.1) is 11.3 Å². The number of halogens is 3. The molecule has 0 unspecified atom stereocenters. The SMILES string of the molecule is COc1ccc(-c2nc(NC(=O)c3cc(F)c(F)cc3Cl)sc2C)cc1. The average Bonchev–Trinajstić information content (AvgIpc) is 2.98. The highest BCUT2D eigenvalue weighted by atomic mass is 35.5. The Hall–Kier alpha value is -2.51. The van der Waals surface area contributed by atoms with Crippen molar-refractivity contribution in [3.63, 3.8) is 0 Å². The van der Waals surface area contributed by atoms with E-state index in [1.165, 1.54) is 11.3 Å². The third-order valence-electron chi connectivity index (χ3n) is 3.64. The Morgan fingerprint density at radius 1 is 1.19 bits per heavy atom. The van der Waals surface area contributed by atoms with Crippen LogP contribution >= 0.6 is 22.9 Å². The van der Waals surface area contributed by atoms with Gasteiger partial charge < -0.3 is 4.74 Å². The molecule has 0 spiro atoms. The number of aromatic nitrogens is 1. The minimum absolute atomic E-state index is 0.163. The summed E-state index contributed by atoms with van der Waals surface area (Å²) in [7, 11) is 1.58. The average molecular weight is 395 g/mol. The molecule has 2 aromatic carbocycles. The molecule has 1 N–H and O–H groups in total. The molecular weight excluding hydrogens is 382 g/mol. The standard InChI is InChI=1S/C18H13ClF2N2O2S/c1-9-16(10-3-5-11(25-2)6-4-10)22-18(26-9)23-17(24)12-7-14(20)15(21)8-13(12)19/h3-8H,1-2H3,(H,22,23,24).